The van der Waals surface area contributed by atoms with Crippen LogP contribution in [0.2, 0.25) is 0 Å². The number of thioether (sulfide) groups is 1. The molecule has 0 aromatic heterocycles. The lowest BCUT2D eigenvalue weighted by Gasteiger charge is -2.17. The van der Waals surface area contributed by atoms with Crippen LogP contribution in [-0.2, 0) is 9.59 Å². The summed E-state index contributed by atoms with van der Waals surface area (Å²) in [6.07, 6.45) is 1.40. The average molecular weight is 460 g/mol. The van der Waals surface area contributed by atoms with Gasteiger partial charge in [0, 0.05) is 34.9 Å². The molecule has 3 amide bonds. The van der Waals surface area contributed by atoms with Gasteiger partial charge in [0.05, 0.1) is 11.3 Å². The zero-order valence-corrected chi connectivity index (χ0v) is 19.2. The van der Waals surface area contributed by atoms with Crippen LogP contribution in [0.25, 0.3) is 0 Å². The molecule has 1 heterocycles. The Bertz CT molecular complexity index is 1180. The van der Waals surface area contributed by atoms with Crippen LogP contribution in [0.4, 0.5) is 17.1 Å². The van der Waals surface area contributed by atoms with Gasteiger partial charge in [-0.3, -0.25) is 14.4 Å². The van der Waals surface area contributed by atoms with Crippen molar-refractivity contribution in [3.8, 4) is 0 Å². The lowest BCUT2D eigenvalue weighted by atomic mass is 10.2. The second-order valence-corrected chi connectivity index (χ2v) is 8.87. The van der Waals surface area contributed by atoms with E-state index in [1.165, 1.54) is 11.8 Å². The van der Waals surface area contributed by atoms with Gasteiger partial charge < -0.3 is 15.5 Å². The minimum atomic E-state index is -0.262. The van der Waals surface area contributed by atoms with Crippen molar-refractivity contribution in [2.45, 2.75) is 24.7 Å². The summed E-state index contributed by atoms with van der Waals surface area (Å²) in [6, 6.07) is 22.1. The van der Waals surface area contributed by atoms with Gasteiger partial charge in [-0.25, -0.2) is 0 Å². The van der Waals surface area contributed by atoms with E-state index in [1.54, 1.807) is 23.1 Å². The predicted molar refractivity (Wildman–Crippen MR) is 133 cm³/mol. The molecule has 168 valence electrons. The molecule has 3 aromatic carbocycles. The van der Waals surface area contributed by atoms with Crippen LogP contribution in [0.5, 0.6) is 0 Å². The Morgan fingerprint density at radius 3 is 2.48 bits per heavy atom. The van der Waals surface area contributed by atoms with Gasteiger partial charge in [-0.1, -0.05) is 35.9 Å². The van der Waals surface area contributed by atoms with E-state index in [-0.39, 0.29) is 23.5 Å². The first kappa shape index (κ1) is 22.6. The molecule has 1 aliphatic heterocycles. The highest BCUT2D eigenvalue weighted by molar-refractivity contribution is 8.00. The molecule has 7 heteroatoms. The second-order valence-electron chi connectivity index (χ2n) is 7.85. The molecule has 0 atom stereocenters. The Morgan fingerprint density at radius 2 is 1.73 bits per heavy atom. The predicted octanol–water partition coefficient (Wildman–Crippen LogP) is 5.10. The van der Waals surface area contributed by atoms with Crippen LogP contribution in [0.1, 0.15) is 28.8 Å². The molecular formula is C26H25N3O3S. The number of anilines is 3. The monoisotopic (exact) mass is 459 g/mol. The van der Waals surface area contributed by atoms with Crippen LogP contribution < -0.4 is 15.5 Å². The van der Waals surface area contributed by atoms with Crippen molar-refractivity contribution in [1.82, 2.24) is 0 Å². The molecule has 1 aliphatic rings. The van der Waals surface area contributed by atoms with E-state index in [4.69, 9.17) is 0 Å². The van der Waals surface area contributed by atoms with Gasteiger partial charge in [0.2, 0.25) is 11.8 Å². The van der Waals surface area contributed by atoms with E-state index in [0.717, 1.165) is 28.3 Å². The molecule has 4 rings (SSSR count). The largest absolute Gasteiger partial charge is 0.325 e. The van der Waals surface area contributed by atoms with E-state index >= 15 is 0 Å². The van der Waals surface area contributed by atoms with Gasteiger partial charge >= 0.3 is 0 Å². The summed E-state index contributed by atoms with van der Waals surface area (Å²) >= 11 is 1.31. The van der Waals surface area contributed by atoms with Gasteiger partial charge in [0.1, 0.15) is 0 Å². The third kappa shape index (κ3) is 5.81. The fourth-order valence-corrected chi connectivity index (χ4v) is 4.48. The summed E-state index contributed by atoms with van der Waals surface area (Å²) in [5, 5.41) is 5.79. The van der Waals surface area contributed by atoms with Crippen molar-refractivity contribution >= 4 is 46.5 Å². The van der Waals surface area contributed by atoms with Crippen molar-refractivity contribution in [1.29, 1.82) is 0 Å². The van der Waals surface area contributed by atoms with Gasteiger partial charge in [-0.15, -0.1) is 11.8 Å². The topological polar surface area (TPSA) is 78.5 Å². The van der Waals surface area contributed by atoms with Crippen molar-refractivity contribution in [2.24, 2.45) is 0 Å². The molecule has 0 aliphatic carbocycles. The molecule has 3 aromatic rings. The van der Waals surface area contributed by atoms with Crippen molar-refractivity contribution < 1.29 is 14.4 Å². The van der Waals surface area contributed by atoms with E-state index in [0.29, 0.717) is 24.2 Å². The maximum absolute atomic E-state index is 13.0. The fraction of sp³-hybridized carbons (Fsp3) is 0.192. The quantitative estimate of drug-likeness (QED) is 0.482. The molecule has 1 fully saturated rings. The smallest absolute Gasteiger partial charge is 0.256 e. The van der Waals surface area contributed by atoms with E-state index < -0.39 is 0 Å². The van der Waals surface area contributed by atoms with Crippen LogP contribution in [0.15, 0.2) is 77.7 Å². The van der Waals surface area contributed by atoms with Crippen LogP contribution in [-0.4, -0.2) is 30.0 Å². The minimum Gasteiger partial charge on any atom is -0.325 e. The van der Waals surface area contributed by atoms with E-state index in [1.807, 2.05) is 61.5 Å². The first-order valence-electron chi connectivity index (χ1n) is 10.8. The Balaban J connectivity index is 1.40. The van der Waals surface area contributed by atoms with Crippen LogP contribution in [0, 0.1) is 6.92 Å². The number of hydrogen-bond acceptors (Lipinski definition) is 4. The van der Waals surface area contributed by atoms with Crippen LogP contribution >= 0.6 is 11.8 Å². The lowest BCUT2D eigenvalue weighted by Crippen LogP contribution is -2.23. The zero-order chi connectivity index (χ0) is 23.2. The molecule has 2 N–H and O–H groups in total. The number of aryl methyl sites for hydroxylation is 1. The Morgan fingerprint density at radius 1 is 0.939 bits per heavy atom. The van der Waals surface area contributed by atoms with Gasteiger partial charge in [0.25, 0.3) is 5.91 Å². The molecule has 33 heavy (non-hydrogen) atoms. The number of benzene rings is 3. The number of carbonyl (C=O) groups is 3. The third-order valence-corrected chi connectivity index (χ3v) is 6.39. The number of nitrogens with one attached hydrogen (secondary N) is 2. The summed E-state index contributed by atoms with van der Waals surface area (Å²) < 4.78 is 0. The minimum absolute atomic E-state index is 0.101. The molecule has 6 nitrogen and oxygen atoms in total. The standard InChI is InChI=1S/C26H25N3O3S/c1-18-11-13-19(14-12-18)27-24(30)17-33-23-9-3-2-8-22(23)26(32)28-20-6-4-7-21(16-20)29-15-5-10-25(29)31/h2-4,6-9,11-14,16H,5,10,15,17H2,1H3,(H,27,30)(H,28,32). The first-order valence-corrected chi connectivity index (χ1v) is 11.8. The number of amides is 3. The van der Waals surface area contributed by atoms with Gasteiger partial charge in [-0.2, -0.15) is 0 Å². The summed E-state index contributed by atoms with van der Waals surface area (Å²) in [5.74, 6) is -0.113. The zero-order valence-electron chi connectivity index (χ0n) is 18.3. The van der Waals surface area contributed by atoms with Crippen LogP contribution in [0.3, 0.4) is 0 Å². The first-order chi connectivity index (χ1) is 16.0. The average Bonchev–Trinajstić information content (AvgIpc) is 3.25. The van der Waals surface area contributed by atoms with E-state index in [2.05, 4.69) is 10.6 Å². The van der Waals surface area contributed by atoms with Gasteiger partial charge in [0.15, 0.2) is 0 Å². The van der Waals surface area contributed by atoms with Gasteiger partial charge in [-0.05, 0) is 55.8 Å². The number of nitrogens with zero attached hydrogens (tertiary/aromatic N) is 1. The number of rotatable bonds is 7. The summed E-state index contributed by atoms with van der Waals surface area (Å²) in [5.41, 5.74) is 3.77. The molecule has 0 saturated carbocycles. The summed E-state index contributed by atoms with van der Waals surface area (Å²) in [7, 11) is 0. The Kier molecular flexibility index (Phi) is 7.10. The maximum Gasteiger partial charge on any atom is 0.256 e. The van der Waals surface area contributed by atoms with Crippen molar-refractivity contribution in [3.05, 3.63) is 83.9 Å². The molecule has 0 bridgehead atoms. The number of hydrogen-bond donors (Lipinski definition) is 2. The molecular weight excluding hydrogens is 434 g/mol. The van der Waals surface area contributed by atoms with E-state index in [9.17, 15) is 14.4 Å². The maximum atomic E-state index is 13.0. The highest BCUT2D eigenvalue weighted by Crippen LogP contribution is 2.27. The normalized spacial score (nSPS) is 13.1. The highest BCUT2D eigenvalue weighted by atomic mass is 32.2. The highest BCUT2D eigenvalue weighted by Gasteiger charge is 2.22. The van der Waals surface area contributed by atoms with Crippen molar-refractivity contribution in [2.75, 3.05) is 27.8 Å². The SMILES string of the molecule is Cc1ccc(NC(=O)CSc2ccccc2C(=O)Nc2cccc(N3CCCC3=O)c2)cc1. The number of carbonyl (C=O) groups excluding carboxylic acids is 3. The Labute approximate surface area is 197 Å². The fourth-order valence-electron chi connectivity index (χ4n) is 3.63. The third-order valence-electron chi connectivity index (χ3n) is 5.31. The summed E-state index contributed by atoms with van der Waals surface area (Å²) in [6.45, 7) is 2.69. The Hall–Kier alpha value is -3.58. The lowest BCUT2D eigenvalue weighted by molar-refractivity contribution is -0.117. The second kappa shape index (κ2) is 10.4. The van der Waals surface area contributed by atoms with Crippen molar-refractivity contribution in [3.63, 3.8) is 0 Å². The summed E-state index contributed by atoms with van der Waals surface area (Å²) in [4.78, 5) is 39.9. The molecule has 0 spiro atoms. The molecule has 0 unspecified atom stereocenters. The molecule has 0 radical (unpaired) electrons. The molecule has 1 saturated heterocycles.